The van der Waals surface area contributed by atoms with Crippen LogP contribution < -0.4 is 20.1 Å². The van der Waals surface area contributed by atoms with Crippen LogP contribution in [0.15, 0.2) is 48.8 Å². The lowest BCUT2D eigenvalue weighted by Gasteiger charge is -2.25. The number of imidazole rings is 1. The van der Waals surface area contributed by atoms with Crippen molar-refractivity contribution in [3.05, 3.63) is 48.8 Å². The van der Waals surface area contributed by atoms with Crippen molar-refractivity contribution >= 4 is 41.6 Å². The number of aliphatic hydroxyl groups excluding tert-OH is 1. The van der Waals surface area contributed by atoms with Gasteiger partial charge in [-0.3, -0.25) is 9.32 Å². The molecule has 0 aliphatic carbocycles. The van der Waals surface area contributed by atoms with Crippen LogP contribution in [0, 0.1) is 5.92 Å². The number of hydrogen-bond acceptors (Lipinski definition) is 11. The molecule has 3 atom stereocenters. The van der Waals surface area contributed by atoms with Crippen molar-refractivity contribution in [1.29, 1.82) is 0 Å². The minimum absolute atomic E-state index is 0.0438. The van der Waals surface area contributed by atoms with Crippen LogP contribution in [0.25, 0.3) is 21.9 Å². The number of esters is 1. The molecule has 4 rings (SSSR count). The van der Waals surface area contributed by atoms with Gasteiger partial charge < -0.3 is 29.4 Å². The first-order valence-electron chi connectivity index (χ1n) is 13.3. The number of carbonyl (C=O) groups is 1. The summed E-state index contributed by atoms with van der Waals surface area (Å²) in [4.78, 5) is 25.0. The topological polar surface area (TPSA) is 173 Å². The number of nitrogens with one attached hydrogen (secondary N) is 1. The lowest BCUT2D eigenvalue weighted by atomic mass is 10.1. The van der Waals surface area contributed by atoms with E-state index in [-0.39, 0.29) is 31.6 Å². The van der Waals surface area contributed by atoms with E-state index in [2.05, 4.69) is 20.0 Å². The highest BCUT2D eigenvalue weighted by molar-refractivity contribution is 7.52. The molecule has 0 spiro atoms. The number of rotatable bonds is 15. The standard InChI is InChI=1S/C27H35N6O7P/c1-4-14-38-26(35)18(2)32-41(36,40-22-11-7-9-20-8-5-6-10-21(20)22)39-16-19(15-34)12-13-33-17-29-23-24(33)30-27(28)31-25(23)37-3/h5-11,17-19,34H,4,12-16H2,1-3H3,(H,32,36)(H2,28,30,31)/t18-,19?,41?/m0/s1. The molecule has 2 aromatic carbocycles. The average Bonchev–Trinajstić information content (AvgIpc) is 3.38. The number of benzene rings is 2. The number of fused-ring (bicyclic) bond motifs is 2. The monoisotopic (exact) mass is 586 g/mol. The summed E-state index contributed by atoms with van der Waals surface area (Å²) >= 11 is 0. The molecule has 0 saturated carbocycles. The zero-order valence-corrected chi connectivity index (χ0v) is 24.1. The second-order valence-corrected chi connectivity index (χ2v) is 11.1. The van der Waals surface area contributed by atoms with E-state index in [1.165, 1.54) is 14.0 Å². The SMILES string of the molecule is CCCOC(=O)[C@H](C)NP(=O)(OCC(CO)CCn1cnc2c(OC)nc(N)nc21)Oc1cccc2ccccc12. The Morgan fingerprint density at radius 1 is 1.20 bits per heavy atom. The normalized spacial score (nSPS) is 14.4. The summed E-state index contributed by atoms with van der Waals surface area (Å²) in [5.41, 5.74) is 6.75. The number of methoxy groups -OCH3 is 1. The summed E-state index contributed by atoms with van der Waals surface area (Å²) in [7, 11) is -2.66. The first-order chi connectivity index (χ1) is 19.8. The van der Waals surface area contributed by atoms with Crippen LogP contribution in [-0.2, 0) is 25.2 Å². The molecule has 0 fully saturated rings. The molecule has 0 aliphatic rings. The summed E-state index contributed by atoms with van der Waals surface area (Å²) in [6, 6.07) is 11.8. The van der Waals surface area contributed by atoms with Crippen LogP contribution in [0.3, 0.4) is 0 Å². The predicted octanol–water partition coefficient (Wildman–Crippen LogP) is 3.70. The molecule has 0 aliphatic heterocycles. The van der Waals surface area contributed by atoms with E-state index in [9.17, 15) is 14.5 Å². The summed E-state index contributed by atoms with van der Waals surface area (Å²) < 4.78 is 38.0. The number of anilines is 1. The van der Waals surface area contributed by atoms with E-state index < -0.39 is 25.7 Å². The van der Waals surface area contributed by atoms with Crippen molar-refractivity contribution in [3.63, 3.8) is 0 Å². The fourth-order valence-electron chi connectivity index (χ4n) is 4.11. The van der Waals surface area contributed by atoms with Crippen molar-refractivity contribution in [1.82, 2.24) is 24.6 Å². The van der Waals surface area contributed by atoms with Crippen LogP contribution in [0.1, 0.15) is 26.7 Å². The number of aliphatic hydroxyl groups is 1. The van der Waals surface area contributed by atoms with Gasteiger partial charge in [-0.2, -0.15) is 15.1 Å². The fraction of sp³-hybridized carbons (Fsp3) is 0.407. The highest BCUT2D eigenvalue weighted by Gasteiger charge is 2.33. The molecule has 4 aromatic rings. The third-order valence-corrected chi connectivity index (χ3v) is 7.91. The molecule has 13 nitrogen and oxygen atoms in total. The maximum absolute atomic E-state index is 14.0. The zero-order chi connectivity index (χ0) is 29.4. The zero-order valence-electron chi connectivity index (χ0n) is 23.2. The maximum Gasteiger partial charge on any atom is 0.459 e. The Bertz CT molecular complexity index is 1530. The van der Waals surface area contributed by atoms with Crippen LogP contribution >= 0.6 is 7.75 Å². The largest absolute Gasteiger partial charge is 0.479 e. The van der Waals surface area contributed by atoms with Gasteiger partial charge in [0.25, 0.3) is 0 Å². The van der Waals surface area contributed by atoms with Gasteiger partial charge in [-0.1, -0.05) is 43.3 Å². The number of hydrogen-bond donors (Lipinski definition) is 3. The molecule has 0 saturated heterocycles. The quantitative estimate of drug-likeness (QED) is 0.136. The molecular weight excluding hydrogens is 551 g/mol. The molecule has 0 bridgehead atoms. The number of aryl methyl sites for hydroxylation is 1. The molecule has 41 heavy (non-hydrogen) atoms. The lowest BCUT2D eigenvalue weighted by Crippen LogP contribution is -2.35. The van der Waals surface area contributed by atoms with Gasteiger partial charge in [0, 0.05) is 24.5 Å². The molecule has 14 heteroatoms. The Kier molecular flexibility index (Phi) is 10.1. The number of nitrogens with two attached hydrogens (primary N) is 1. The third kappa shape index (κ3) is 7.50. The van der Waals surface area contributed by atoms with E-state index in [1.807, 2.05) is 37.3 Å². The average molecular weight is 587 g/mol. The Morgan fingerprint density at radius 3 is 2.73 bits per heavy atom. The number of carbonyl (C=O) groups excluding carboxylic acids is 1. The fourth-order valence-corrected chi connectivity index (χ4v) is 5.69. The minimum atomic E-state index is -4.13. The van der Waals surface area contributed by atoms with E-state index in [1.54, 1.807) is 23.0 Å². The van der Waals surface area contributed by atoms with E-state index in [0.717, 1.165) is 10.8 Å². The summed E-state index contributed by atoms with van der Waals surface area (Å²) in [6.45, 7) is 3.65. The Hall–Kier alpha value is -3.77. The van der Waals surface area contributed by atoms with Gasteiger partial charge in [-0.15, -0.1) is 0 Å². The number of nitrogen functional groups attached to an aromatic ring is 1. The van der Waals surface area contributed by atoms with Crippen molar-refractivity contribution in [2.75, 3.05) is 32.7 Å². The van der Waals surface area contributed by atoms with Crippen LogP contribution in [-0.4, -0.2) is 63.6 Å². The van der Waals surface area contributed by atoms with Gasteiger partial charge in [0.05, 0.1) is 26.7 Å². The molecular formula is C27H35N6O7P. The van der Waals surface area contributed by atoms with Gasteiger partial charge in [0.15, 0.2) is 11.2 Å². The van der Waals surface area contributed by atoms with Crippen LogP contribution in [0.4, 0.5) is 5.95 Å². The van der Waals surface area contributed by atoms with Gasteiger partial charge in [0.2, 0.25) is 11.8 Å². The van der Waals surface area contributed by atoms with Crippen LogP contribution in [0.5, 0.6) is 11.6 Å². The molecule has 0 radical (unpaired) electrons. The van der Waals surface area contributed by atoms with Gasteiger partial charge in [-0.25, -0.2) is 9.55 Å². The van der Waals surface area contributed by atoms with Gasteiger partial charge in [0.1, 0.15) is 11.8 Å². The van der Waals surface area contributed by atoms with E-state index >= 15 is 0 Å². The highest BCUT2D eigenvalue weighted by atomic mass is 31.2. The molecule has 2 heterocycles. The summed E-state index contributed by atoms with van der Waals surface area (Å²) in [5, 5.41) is 14.4. The number of aromatic nitrogens is 4. The van der Waals surface area contributed by atoms with Gasteiger partial charge >= 0.3 is 13.7 Å². The second-order valence-electron chi connectivity index (χ2n) is 9.42. The first kappa shape index (κ1) is 30.2. The number of ether oxygens (including phenoxy) is 2. The van der Waals surface area contributed by atoms with E-state index in [4.69, 9.17) is 24.3 Å². The predicted molar refractivity (Wildman–Crippen MR) is 153 cm³/mol. The second kappa shape index (κ2) is 13.7. The third-order valence-electron chi connectivity index (χ3n) is 6.28. The molecule has 2 aromatic heterocycles. The lowest BCUT2D eigenvalue weighted by molar-refractivity contribution is -0.145. The van der Waals surface area contributed by atoms with Crippen LogP contribution in [0.2, 0.25) is 0 Å². The molecule has 2 unspecified atom stereocenters. The van der Waals surface area contributed by atoms with Crippen molar-refractivity contribution in [2.45, 2.75) is 39.3 Å². The smallest absolute Gasteiger partial charge is 0.459 e. The minimum Gasteiger partial charge on any atom is -0.479 e. The summed E-state index contributed by atoms with van der Waals surface area (Å²) in [5.74, 6) is -0.397. The molecule has 0 amide bonds. The van der Waals surface area contributed by atoms with Crippen molar-refractivity contribution in [2.24, 2.45) is 5.92 Å². The van der Waals surface area contributed by atoms with E-state index in [0.29, 0.717) is 36.3 Å². The Balaban J connectivity index is 1.50. The van der Waals surface area contributed by atoms with Crippen molar-refractivity contribution in [3.8, 4) is 11.6 Å². The molecule has 4 N–H and O–H groups in total. The number of nitrogens with zero attached hydrogens (tertiary/aromatic N) is 4. The van der Waals surface area contributed by atoms with Gasteiger partial charge in [-0.05, 0) is 31.2 Å². The Morgan fingerprint density at radius 2 is 1.98 bits per heavy atom. The van der Waals surface area contributed by atoms with Crippen molar-refractivity contribution < 1.29 is 33.0 Å². The Labute approximate surface area is 237 Å². The molecule has 220 valence electrons. The maximum atomic E-state index is 14.0. The highest BCUT2D eigenvalue weighted by Crippen LogP contribution is 2.47. The summed E-state index contributed by atoms with van der Waals surface area (Å²) in [6.07, 6.45) is 2.64. The first-order valence-corrected chi connectivity index (χ1v) is 14.8.